The molecule has 2 N–H and O–H groups in total. The van der Waals surface area contributed by atoms with Crippen LogP contribution < -0.4 is 10.6 Å². The fraction of sp³-hybridized carbons (Fsp3) is 0.174. The summed E-state index contributed by atoms with van der Waals surface area (Å²) in [6, 6.07) is 18.9. The Morgan fingerprint density at radius 3 is 2.00 bits per heavy atom. The molecule has 0 spiro atoms. The number of rotatable bonds is 8. The number of nitrogens with one attached hydrogen (secondary N) is 2. The number of anilines is 4. The summed E-state index contributed by atoms with van der Waals surface area (Å²) in [7, 11) is 0. The van der Waals surface area contributed by atoms with Crippen LogP contribution in [-0.2, 0) is 17.6 Å². The van der Waals surface area contributed by atoms with Crippen molar-refractivity contribution in [3.63, 3.8) is 0 Å². The molecule has 0 unspecified atom stereocenters. The Hall–Kier alpha value is -4.43. The maximum Gasteiger partial charge on any atom is 0.343 e. The number of carbonyl (C=O) groups is 1. The van der Waals surface area contributed by atoms with Gasteiger partial charge in [0.1, 0.15) is 5.56 Å². The molecule has 0 saturated carbocycles. The lowest BCUT2D eigenvalue weighted by atomic mass is 10.1. The minimum Gasteiger partial charge on any atom is -0.462 e. The molecule has 3 rings (SSSR count). The van der Waals surface area contributed by atoms with E-state index in [0.717, 1.165) is 16.8 Å². The summed E-state index contributed by atoms with van der Waals surface area (Å²) in [4.78, 5) is 21.0. The molecule has 1 aromatic heterocycles. The van der Waals surface area contributed by atoms with Crippen LogP contribution in [0.4, 0.5) is 23.1 Å². The van der Waals surface area contributed by atoms with Crippen LogP contribution in [0.25, 0.3) is 0 Å². The van der Waals surface area contributed by atoms with E-state index in [4.69, 9.17) is 15.3 Å². The Balaban J connectivity index is 1.86. The van der Waals surface area contributed by atoms with Crippen molar-refractivity contribution < 1.29 is 9.53 Å². The highest BCUT2D eigenvalue weighted by Crippen LogP contribution is 2.23. The van der Waals surface area contributed by atoms with Gasteiger partial charge in [0.2, 0.25) is 5.95 Å². The summed E-state index contributed by atoms with van der Waals surface area (Å²) in [6.45, 7) is 1.96. The third-order valence-electron chi connectivity index (χ3n) is 4.28. The van der Waals surface area contributed by atoms with E-state index in [0.29, 0.717) is 30.3 Å². The normalized spacial score (nSPS) is 9.90. The van der Waals surface area contributed by atoms with Gasteiger partial charge in [0.25, 0.3) is 0 Å². The van der Waals surface area contributed by atoms with E-state index in [9.17, 15) is 4.79 Å². The maximum atomic E-state index is 12.3. The Kier molecular flexibility index (Phi) is 7.12. The summed E-state index contributed by atoms with van der Waals surface area (Å²) < 4.78 is 5.11. The largest absolute Gasteiger partial charge is 0.462 e. The van der Waals surface area contributed by atoms with Crippen LogP contribution in [0.15, 0.2) is 54.7 Å². The Bertz CT molecular complexity index is 1130. The average molecular weight is 412 g/mol. The molecule has 0 atom stereocenters. The zero-order valence-electron chi connectivity index (χ0n) is 16.9. The van der Waals surface area contributed by atoms with Crippen molar-refractivity contribution in [3.05, 3.63) is 71.4 Å². The van der Waals surface area contributed by atoms with Gasteiger partial charge in [-0.3, -0.25) is 0 Å². The summed E-state index contributed by atoms with van der Waals surface area (Å²) in [5, 5.41) is 23.8. The number of aromatic nitrogens is 2. The number of carbonyl (C=O) groups excluding carboxylic acids is 1. The second-order valence-electron chi connectivity index (χ2n) is 6.49. The van der Waals surface area contributed by atoms with Gasteiger partial charge in [-0.1, -0.05) is 24.3 Å². The van der Waals surface area contributed by atoms with Gasteiger partial charge in [0, 0.05) is 17.6 Å². The lowest BCUT2D eigenvalue weighted by molar-refractivity contribution is 0.0526. The lowest BCUT2D eigenvalue weighted by Gasteiger charge is -2.13. The van der Waals surface area contributed by atoms with Crippen LogP contribution in [0.2, 0.25) is 0 Å². The molecule has 0 aliphatic heterocycles. The van der Waals surface area contributed by atoms with Crippen molar-refractivity contribution in [1.82, 2.24) is 9.97 Å². The molecule has 0 amide bonds. The number of nitrogens with zero attached hydrogens (tertiary/aromatic N) is 4. The number of hydrogen-bond acceptors (Lipinski definition) is 8. The second kappa shape index (κ2) is 10.4. The number of esters is 1. The minimum atomic E-state index is -0.529. The monoisotopic (exact) mass is 412 g/mol. The number of benzene rings is 2. The molecule has 0 aliphatic rings. The van der Waals surface area contributed by atoms with E-state index in [1.807, 2.05) is 48.5 Å². The third kappa shape index (κ3) is 5.78. The quantitative estimate of drug-likeness (QED) is 0.526. The van der Waals surface area contributed by atoms with E-state index >= 15 is 0 Å². The molecule has 0 fully saturated rings. The molecule has 2 aromatic carbocycles. The van der Waals surface area contributed by atoms with E-state index in [2.05, 4.69) is 32.7 Å². The molecule has 8 nitrogen and oxygen atoms in total. The van der Waals surface area contributed by atoms with Crippen molar-refractivity contribution in [3.8, 4) is 12.1 Å². The highest BCUT2D eigenvalue weighted by atomic mass is 16.5. The van der Waals surface area contributed by atoms with Crippen molar-refractivity contribution in [2.24, 2.45) is 0 Å². The first-order chi connectivity index (χ1) is 15.1. The van der Waals surface area contributed by atoms with E-state index < -0.39 is 5.97 Å². The van der Waals surface area contributed by atoms with Crippen molar-refractivity contribution in [2.75, 3.05) is 17.2 Å². The topological polar surface area (TPSA) is 124 Å². The molecule has 0 bridgehead atoms. The summed E-state index contributed by atoms with van der Waals surface area (Å²) in [5.41, 5.74) is 3.46. The smallest absolute Gasteiger partial charge is 0.343 e. The van der Waals surface area contributed by atoms with Crippen molar-refractivity contribution in [1.29, 1.82) is 10.5 Å². The fourth-order valence-electron chi connectivity index (χ4n) is 2.76. The molecular formula is C23H20N6O2. The summed E-state index contributed by atoms with van der Waals surface area (Å²) in [5.74, 6) is 0.0632. The lowest BCUT2D eigenvalue weighted by Crippen LogP contribution is -2.11. The second-order valence-corrected chi connectivity index (χ2v) is 6.49. The van der Waals surface area contributed by atoms with Gasteiger partial charge in [-0.15, -0.1) is 0 Å². The predicted molar refractivity (Wildman–Crippen MR) is 116 cm³/mol. The SMILES string of the molecule is CCOC(=O)c1cnc(Nc2ccc(CC#N)cc2)nc1Nc1ccc(CC#N)cc1. The highest BCUT2D eigenvalue weighted by molar-refractivity contribution is 5.95. The fourth-order valence-corrected chi connectivity index (χ4v) is 2.76. The summed E-state index contributed by atoms with van der Waals surface area (Å²) in [6.07, 6.45) is 2.07. The first-order valence-electron chi connectivity index (χ1n) is 9.63. The van der Waals surface area contributed by atoms with Gasteiger partial charge in [0.15, 0.2) is 5.82 Å². The van der Waals surface area contributed by atoms with Crippen molar-refractivity contribution >= 4 is 29.1 Å². The van der Waals surface area contributed by atoms with Crippen molar-refractivity contribution in [2.45, 2.75) is 19.8 Å². The van der Waals surface area contributed by atoms with Gasteiger partial charge in [-0.05, 0) is 42.3 Å². The molecule has 0 saturated heterocycles. The Morgan fingerprint density at radius 1 is 0.935 bits per heavy atom. The molecule has 1 heterocycles. The van der Waals surface area contributed by atoms with Crippen LogP contribution in [0.5, 0.6) is 0 Å². The van der Waals surface area contributed by atoms with Gasteiger partial charge in [-0.2, -0.15) is 15.5 Å². The molecule has 3 aromatic rings. The first kappa shape index (κ1) is 21.3. The van der Waals surface area contributed by atoms with E-state index in [1.54, 1.807) is 6.92 Å². The molecule has 0 radical (unpaired) electrons. The van der Waals surface area contributed by atoms with Gasteiger partial charge in [-0.25, -0.2) is 9.78 Å². The zero-order chi connectivity index (χ0) is 22.1. The zero-order valence-corrected chi connectivity index (χ0v) is 16.9. The standard InChI is InChI=1S/C23H20N6O2/c1-2-31-22(30)20-15-26-23(28-19-9-5-17(6-10-19)12-14-25)29-21(20)27-18-7-3-16(4-8-18)11-13-24/h3-10,15H,2,11-12H2,1H3,(H2,26,27,28,29). The van der Waals surface area contributed by atoms with Crippen LogP contribution >= 0.6 is 0 Å². The predicted octanol–water partition coefficient (Wildman–Crippen LogP) is 4.27. The van der Waals surface area contributed by atoms with Crippen LogP contribution in [-0.4, -0.2) is 22.5 Å². The third-order valence-corrected chi connectivity index (χ3v) is 4.28. The first-order valence-corrected chi connectivity index (χ1v) is 9.63. The highest BCUT2D eigenvalue weighted by Gasteiger charge is 2.16. The molecule has 31 heavy (non-hydrogen) atoms. The summed E-state index contributed by atoms with van der Waals surface area (Å²) >= 11 is 0. The number of nitriles is 2. The maximum absolute atomic E-state index is 12.3. The van der Waals surface area contributed by atoms with Gasteiger partial charge >= 0.3 is 5.97 Å². The average Bonchev–Trinajstić information content (AvgIpc) is 2.77. The Labute approximate surface area is 180 Å². The molecule has 8 heteroatoms. The van der Waals surface area contributed by atoms with E-state index in [1.165, 1.54) is 6.20 Å². The van der Waals surface area contributed by atoms with Gasteiger partial charge in [0.05, 0.1) is 31.6 Å². The van der Waals surface area contributed by atoms with Gasteiger partial charge < -0.3 is 15.4 Å². The number of ether oxygens (including phenoxy) is 1. The van der Waals surface area contributed by atoms with E-state index in [-0.39, 0.29) is 12.2 Å². The van der Waals surface area contributed by atoms with Crippen LogP contribution in [0.3, 0.4) is 0 Å². The van der Waals surface area contributed by atoms with Crippen LogP contribution in [0, 0.1) is 22.7 Å². The minimum absolute atomic E-state index is 0.206. The molecule has 0 aliphatic carbocycles. The number of hydrogen-bond donors (Lipinski definition) is 2. The Morgan fingerprint density at radius 2 is 1.48 bits per heavy atom. The molecular weight excluding hydrogens is 392 g/mol. The van der Waals surface area contributed by atoms with Crippen LogP contribution in [0.1, 0.15) is 28.4 Å². The molecule has 154 valence electrons.